The number of aliphatic carboxylic acids is 1. The minimum Gasteiger partial charge on any atom is -0.480 e. The molecule has 24 heteroatoms. The number of thioether (sulfide) groups is 1. The van der Waals surface area contributed by atoms with Gasteiger partial charge in [0.1, 0.15) is 79.3 Å². The zero-order valence-corrected chi connectivity index (χ0v) is 32.7. The van der Waals surface area contributed by atoms with Crippen LogP contribution in [0.2, 0.25) is 0 Å². The highest BCUT2D eigenvalue weighted by molar-refractivity contribution is 7.99. The maximum absolute atomic E-state index is 11.6. The van der Waals surface area contributed by atoms with Crippen LogP contribution in [0, 0.1) is 0 Å². The topological polar surface area (TPSA) is 355 Å². The van der Waals surface area contributed by atoms with Gasteiger partial charge in [-0.05, 0) is 13.5 Å². The van der Waals surface area contributed by atoms with Gasteiger partial charge in [0.25, 0.3) is 0 Å². The van der Waals surface area contributed by atoms with Crippen LogP contribution in [0.4, 0.5) is 0 Å². The first kappa shape index (κ1) is 48.0. The lowest BCUT2D eigenvalue weighted by molar-refractivity contribution is -0.372. The second kappa shape index (κ2) is 21.9. The zero-order valence-electron chi connectivity index (χ0n) is 31.9. The minimum absolute atomic E-state index is 0.0230. The van der Waals surface area contributed by atoms with Gasteiger partial charge in [0.15, 0.2) is 31.5 Å². The molecule has 0 amide bonds. The van der Waals surface area contributed by atoms with Crippen molar-refractivity contribution in [3.63, 3.8) is 0 Å². The Morgan fingerprint density at radius 1 is 0.638 bits per heavy atom. The van der Waals surface area contributed by atoms with E-state index in [-0.39, 0.29) is 30.5 Å². The van der Waals surface area contributed by atoms with E-state index in [9.17, 15) is 66.1 Å². The van der Waals surface area contributed by atoms with Gasteiger partial charge in [-0.15, -0.1) is 0 Å². The van der Waals surface area contributed by atoms with Crippen molar-refractivity contribution in [2.45, 2.75) is 168 Å². The minimum atomic E-state index is -1.87. The highest BCUT2D eigenvalue weighted by Gasteiger charge is 2.53. The van der Waals surface area contributed by atoms with E-state index in [1.54, 1.807) is 0 Å². The molecule has 0 saturated carbocycles. The van der Waals surface area contributed by atoms with Crippen LogP contribution >= 0.6 is 11.8 Å². The summed E-state index contributed by atoms with van der Waals surface area (Å²) in [4.78, 5) is 11.6. The predicted octanol–water partition coefficient (Wildman–Crippen LogP) is -6.37. The van der Waals surface area contributed by atoms with Crippen molar-refractivity contribution in [2.75, 3.05) is 38.4 Å². The third-order valence-electron chi connectivity index (χ3n) is 10.9. The van der Waals surface area contributed by atoms with Crippen molar-refractivity contribution in [3.8, 4) is 0 Å². The van der Waals surface area contributed by atoms with E-state index in [4.69, 9.17) is 42.6 Å². The van der Waals surface area contributed by atoms with Crippen LogP contribution in [0.3, 0.4) is 0 Å². The number of nitrogens with one attached hydrogen (secondary N) is 1. The maximum atomic E-state index is 11.6. The van der Waals surface area contributed by atoms with E-state index < -0.39 is 155 Å². The van der Waals surface area contributed by atoms with Crippen molar-refractivity contribution in [2.24, 2.45) is 0 Å². The molecule has 0 radical (unpaired) electrons. The van der Waals surface area contributed by atoms with Crippen LogP contribution in [0.15, 0.2) is 0 Å². The molecule has 5 aliphatic rings. The van der Waals surface area contributed by atoms with E-state index in [2.05, 4.69) is 5.32 Å². The van der Waals surface area contributed by atoms with Crippen LogP contribution in [0.25, 0.3) is 0 Å². The highest BCUT2D eigenvalue weighted by atomic mass is 32.2. The molecule has 13 N–H and O–H groups in total. The SMILES string of the molecule is CCC1CC(O)C(OC2CC(O)C(OC3C(CSCC(NC)C(=O)O)OC(OC4CC(O)C(OC5C(CO)OC(O)C(O)C5O)OC4CO)C(O)C3O)OC2CO)O1. The van der Waals surface area contributed by atoms with Gasteiger partial charge < -0.3 is 109 Å². The fourth-order valence-electron chi connectivity index (χ4n) is 7.45. The molecule has 0 bridgehead atoms. The molecule has 22 atom stereocenters. The molecule has 0 aliphatic carbocycles. The second-order valence-corrected chi connectivity index (χ2v) is 16.0. The van der Waals surface area contributed by atoms with E-state index in [1.165, 1.54) is 7.05 Å². The molecule has 58 heavy (non-hydrogen) atoms. The second-order valence-electron chi connectivity index (χ2n) is 14.9. The largest absolute Gasteiger partial charge is 0.480 e. The lowest BCUT2D eigenvalue weighted by atomic mass is 9.97. The number of carbonyl (C=O) groups is 1. The van der Waals surface area contributed by atoms with E-state index in [0.29, 0.717) is 12.8 Å². The average Bonchev–Trinajstić information content (AvgIpc) is 3.56. The summed E-state index contributed by atoms with van der Waals surface area (Å²) in [5.41, 5.74) is 0. The van der Waals surface area contributed by atoms with Gasteiger partial charge in [-0.25, -0.2) is 0 Å². The number of rotatable bonds is 18. The first-order valence-electron chi connectivity index (χ1n) is 19.3. The Bertz CT molecular complexity index is 1260. The standard InChI is InChI=1S/C34H59NO22S/c1-3-12-4-14(39)31(49-12)51-17-5-15(40)33(53-19(17)7-36)57-28-22(11-58-10-13(35-2)29(46)47)55-34(26(45)24(28)43)52-18-6-16(41)32(54-20(18)8-37)56-27-21(9-38)50-30(48)25(44)23(27)42/h12-28,30-45,48H,3-11H2,1-2H3,(H,46,47). The Morgan fingerprint density at radius 3 is 1.62 bits per heavy atom. The number of aliphatic hydroxyl groups is 11. The van der Waals surface area contributed by atoms with Crippen molar-refractivity contribution in [1.29, 1.82) is 0 Å². The van der Waals surface area contributed by atoms with Crippen molar-refractivity contribution < 1.29 is 109 Å². The Labute approximate surface area is 337 Å². The molecular weight excluding hydrogens is 806 g/mol. The number of carboxylic acids is 1. The summed E-state index contributed by atoms with van der Waals surface area (Å²) in [6.07, 6.45) is -28.5. The molecule has 0 spiro atoms. The quantitative estimate of drug-likeness (QED) is 0.0609. The zero-order chi connectivity index (χ0) is 42.4. The molecule has 0 aromatic rings. The Balaban J connectivity index is 1.26. The molecule has 5 rings (SSSR count). The molecule has 5 heterocycles. The van der Waals surface area contributed by atoms with Gasteiger partial charge in [0.05, 0.1) is 44.2 Å². The van der Waals surface area contributed by atoms with Gasteiger partial charge in [0, 0.05) is 30.8 Å². The fourth-order valence-corrected chi connectivity index (χ4v) is 8.63. The summed E-state index contributed by atoms with van der Waals surface area (Å²) in [6.45, 7) is -0.181. The number of hydrogen-bond acceptors (Lipinski definition) is 23. The molecule has 5 fully saturated rings. The van der Waals surface area contributed by atoms with Gasteiger partial charge in [0.2, 0.25) is 0 Å². The number of ether oxygens (including phenoxy) is 9. The van der Waals surface area contributed by atoms with Crippen molar-refractivity contribution in [3.05, 3.63) is 0 Å². The summed E-state index contributed by atoms with van der Waals surface area (Å²) in [5, 5.41) is 128. The first-order chi connectivity index (χ1) is 27.6. The molecule has 5 saturated heterocycles. The predicted molar refractivity (Wildman–Crippen MR) is 190 cm³/mol. The summed E-state index contributed by atoms with van der Waals surface area (Å²) in [7, 11) is 1.46. The Hall–Kier alpha value is -1.02. The van der Waals surface area contributed by atoms with Crippen LogP contribution < -0.4 is 5.32 Å². The van der Waals surface area contributed by atoms with Gasteiger partial charge >= 0.3 is 5.97 Å². The highest BCUT2D eigenvalue weighted by Crippen LogP contribution is 2.36. The molecule has 0 aromatic heterocycles. The molecule has 338 valence electrons. The van der Waals surface area contributed by atoms with Crippen LogP contribution in [-0.2, 0) is 47.4 Å². The Kier molecular flexibility index (Phi) is 18.1. The number of hydrogen-bond donors (Lipinski definition) is 13. The van der Waals surface area contributed by atoms with Gasteiger partial charge in [-0.3, -0.25) is 4.79 Å². The van der Waals surface area contributed by atoms with Crippen LogP contribution in [0.5, 0.6) is 0 Å². The third-order valence-corrected chi connectivity index (χ3v) is 12.0. The summed E-state index contributed by atoms with van der Waals surface area (Å²) >= 11 is 1.09. The van der Waals surface area contributed by atoms with Crippen molar-refractivity contribution in [1.82, 2.24) is 5.32 Å². The summed E-state index contributed by atoms with van der Waals surface area (Å²) in [6, 6.07) is -0.972. The Morgan fingerprint density at radius 2 is 1.12 bits per heavy atom. The number of likely N-dealkylation sites (N-methyl/N-ethyl adjacent to an activating group) is 1. The molecule has 23 nitrogen and oxygen atoms in total. The lowest BCUT2D eigenvalue weighted by Crippen LogP contribution is -2.64. The molecule has 0 aromatic carbocycles. The van der Waals surface area contributed by atoms with E-state index >= 15 is 0 Å². The smallest absolute Gasteiger partial charge is 0.321 e. The molecule has 22 unspecified atom stereocenters. The third kappa shape index (κ3) is 11.3. The lowest BCUT2D eigenvalue weighted by Gasteiger charge is -2.48. The monoisotopic (exact) mass is 865 g/mol. The normalized spacial score (nSPS) is 46.9. The number of aliphatic hydroxyl groups excluding tert-OH is 11. The average molecular weight is 866 g/mol. The summed E-state index contributed by atoms with van der Waals surface area (Å²) in [5.74, 6) is -1.17. The van der Waals surface area contributed by atoms with E-state index in [1.807, 2.05) is 6.92 Å². The fraction of sp³-hybridized carbons (Fsp3) is 0.971. The molecular formula is C34H59NO22S. The maximum Gasteiger partial charge on any atom is 0.321 e. The van der Waals surface area contributed by atoms with Crippen molar-refractivity contribution >= 4 is 17.7 Å². The van der Waals surface area contributed by atoms with E-state index in [0.717, 1.165) is 11.8 Å². The first-order valence-corrected chi connectivity index (χ1v) is 20.4. The van der Waals surface area contributed by atoms with Crippen LogP contribution in [-0.4, -0.2) is 241 Å². The van der Waals surface area contributed by atoms with Gasteiger partial charge in [-0.2, -0.15) is 11.8 Å². The molecule has 5 aliphatic heterocycles. The summed E-state index contributed by atoms with van der Waals surface area (Å²) < 4.78 is 52.0. The van der Waals surface area contributed by atoms with Crippen LogP contribution in [0.1, 0.15) is 32.6 Å². The van der Waals surface area contributed by atoms with Gasteiger partial charge in [-0.1, -0.05) is 6.92 Å². The number of carboxylic acid groups (broad SMARTS) is 1.